The SMILES string of the molecule is CC(C(N)=O)C1OC(=O)N(F)C1c1ccc(-c2ccc3ncccc3c2)cc1. The predicted molar refractivity (Wildman–Crippen MR) is 101 cm³/mol. The number of benzene rings is 2. The molecule has 2 N–H and O–H groups in total. The molecule has 0 bridgehead atoms. The van der Waals surface area contributed by atoms with Crippen molar-refractivity contribution in [3.05, 3.63) is 66.4 Å². The molecule has 142 valence electrons. The van der Waals surface area contributed by atoms with Gasteiger partial charge in [-0.1, -0.05) is 40.9 Å². The second-order valence-electron chi connectivity index (χ2n) is 6.83. The molecule has 7 heteroatoms. The van der Waals surface area contributed by atoms with Crippen molar-refractivity contribution in [1.29, 1.82) is 0 Å². The Balaban J connectivity index is 1.66. The molecule has 1 fully saturated rings. The molecule has 0 aliphatic carbocycles. The first kappa shape index (κ1) is 17.9. The van der Waals surface area contributed by atoms with Crippen molar-refractivity contribution < 1.29 is 18.8 Å². The zero-order chi connectivity index (χ0) is 19.8. The Morgan fingerprint density at radius 1 is 1.18 bits per heavy atom. The molecule has 2 amide bonds. The number of primary amides is 1. The van der Waals surface area contributed by atoms with Crippen LogP contribution in [0.2, 0.25) is 0 Å². The van der Waals surface area contributed by atoms with Gasteiger partial charge in [0.1, 0.15) is 12.1 Å². The molecule has 0 spiro atoms. The molecule has 1 saturated heterocycles. The van der Waals surface area contributed by atoms with E-state index in [0.29, 0.717) is 5.56 Å². The fourth-order valence-electron chi connectivity index (χ4n) is 3.46. The Kier molecular flexibility index (Phi) is 4.43. The minimum Gasteiger partial charge on any atom is -0.441 e. The zero-order valence-corrected chi connectivity index (χ0v) is 15.1. The Morgan fingerprint density at radius 2 is 1.89 bits per heavy atom. The number of carbonyl (C=O) groups is 2. The minimum absolute atomic E-state index is 0.0147. The smallest absolute Gasteiger partial charge is 0.439 e. The molecule has 1 aromatic heterocycles. The number of nitrogens with two attached hydrogens (primary N) is 1. The highest BCUT2D eigenvalue weighted by Gasteiger charge is 2.47. The van der Waals surface area contributed by atoms with Gasteiger partial charge in [-0.25, -0.2) is 4.79 Å². The number of nitrogens with zero attached hydrogens (tertiary/aromatic N) is 2. The van der Waals surface area contributed by atoms with E-state index in [1.54, 1.807) is 18.3 Å². The van der Waals surface area contributed by atoms with Gasteiger partial charge in [0.25, 0.3) is 0 Å². The monoisotopic (exact) mass is 379 g/mol. The topological polar surface area (TPSA) is 85.5 Å². The fourth-order valence-corrected chi connectivity index (χ4v) is 3.46. The van der Waals surface area contributed by atoms with E-state index >= 15 is 0 Å². The summed E-state index contributed by atoms with van der Waals surface area (Å²) in [6, 6.07) is 15.9. The van der Waals surface area contributed by atoms with Gasteiger partial charge in [-0.05, 0) is 41.8 Å². The van der Waals surface area contributed by atoms with Crippen LogP contribution in [0.4, 0.5) is 9.28 Å². The van der Waals surface area contributed by atoms with Crippen molar-refractivity contribution in [1.82, 2.24) is 10.1 Å². The highest BCUT2D eigenvalue weighted by Crippen LogP contribution is 2.38. The summed E-state index contributed by atoms with van der Waals surface area (Å²) in [7, 11) is 0. The van der Waals surface area contributed by atoms with Crippen LogP contribution in [0.1, 0.15) is 18.5 Å². The number of rotatable bonds is 4. The van der Waals surface area contributed by atoms with Gasteiger partial charge in [0.2, 0.25) is 5.91 Å². The summed E-state index contributed by atoms with van der Waals surface area (Å²) in [5.74, 6) is -1.47. The largest absolute Gasteiger partial charge is 0.441 e. The number of halogens is 1. The van der Waals surface area contributed by atoms with Crippen LogP contribution in [0, 0.1) is 5.92 Å². The van der Waals surface area contributed by atoms with Gasteiger partial charge in [0.05, 0.1) is 11.4 Å². The van der Waals surface area contributed by atoms with Crippen molar-refractivity contribution in [2.75, 3.05) is 0 Å². The summed E-state index contributed by atoms with van der Waals surface area (Å²) in [4.78, 5) is 27.5. The van der Waals surface area contributed by atoms with Gasteiger partial charge < -0.3 is 10.5 Å². The molecule has 0 saturated carbocycles. The van der Waals surface area contributed by atoms with Crippen LogP contribution in [-0.2, 0) is 9.53 Å². The first-order valence-electron chi connectivity index (χ1n) is 8.86. The number of carbonyl (C=O) groups excluding carboxylic acids is 2. The first-order valence-corrected chi connectivity index (χ1v) is 8.86. The number of fused-ring (bicyclic) bond motifs is 1. The lowest BCUT2D eigenvalue weighted by Crippen LogP contribution is -2.35. The van der Waals surface area contributed by atoms with E-state index in [2.05, 4.69) is 4.98 Å². The van der Waals surface area contributed by atoms with Gasteiger partial charge in [0.15, 0.2) is 0 Å². The highest BCUT2D eigenvalue weighted by molar-refractivity contribution is 5.84. The van der Waals surface area contributed by atoms with Crippen LogP contribution >= 0.6 is 0 Å². The molecule has 6 nitrogen and oxygen atoms in total. The van der Waals surface area contributed by atoms with E-state index in [1.807, 2.05) is 42.5 Å². The number of cyclic esters (lactones) is 1. The molecule has 2 aromatic carbocycles. The van der Waals surface area contributed by atoms with Crippen LogP contribution < -0.4 is 5.73 Å². The Morgan fingerprint density at radius 3 is 2.61 bits per heavy atom. The lowest BCUT2D eigenvalue weighted by atomic mass is 9.91. The van der Waals surface area contributed by atoms with E-state index in [9.17, 15) is 14.1 Å². The maximum Gasteiger partial charge on any atom is 0.439 e. The maximum absolute atomic E-state index is 14.3. The second kappa shape index (κ2) is 6.92. The molecule has 28 heavy (non-hydrogen) atoms. The van der Waals surface area contributed by atoms with Gasteiger partial charge in [-0.15, -0.1) is 5.12 Å². The molecule has 1 aliphatic rings. The quantitative estimate of drug-likeness (QED) is 0.699. The maximum atomic E-state index is 14.3. The number of pyridine rings is 1. The number of hydrogen-bond donors (Lipinski definition) is 1. The third-order valence-corrected chi connectivity index (χ3v) is 5.10. The molecule has 2 heterocycles. The Bertz CT molecular complexity index is 1050. The zero-order valence-electron chi connectivity index (χ0n) is 15.1. The number of aromatic nitrogens is 1. The van der Waals surface area contributed by atoms with Crippen molar-refractivity contribution in [2.45, 2.75) is 19.1 Å². The lowest BCUT2D eigenvalue weighted by Gasteiger charge is -2.22. The van der Waals surface area contributed by atoms with Gasteiger partial charge in [-0.2, -0.15) is 0 Å². The van der Waals surface area contributed by atoms with E-state index in [0.717, 1.165) is 22.0 Å². The van der Waals surface area contributed by atoms with Crippen LogP contribution in [0.5, 0.6) is 0 Å². The van der Waals surface area contributed by atoms with E-state index < -0.39 is 30.1 Å². The average Bonchev–Trinajstić information content (AvgIpc) is 3.01. The van der Waals surface area contributed by atoms with Crippen molar-refractivity contribution in [3.63, 3.8) is 0 Å². The van der Waals surface area contributed by atoms with Gasteiger partial charge in [-0.3, -0.25) is 9.78 Å². The number of ether oxygens (including phenoxy) is 1. The number of amides is 2. The van der Waals surface area contributed by atoms with Crippen LogP contribution in [0.3, 0.4) is 0 Å². The summed E-state index contributed by atoms with van der Waals surface area (Å²) < 4.78 is 19.4. The summed E-state index contributed by atoms with van der Waals surface area (Å²) in [5.41, 5.74) is 8.67. The van der Waals surface area contributed by atoms with Gasteiger partial charge >= 0.3 is 6.09 Å². The van der Waals surface area contributed by atoms with Crippen LogP contribution in [0.25, 0.3) is 22.0 Å². The van der Waals surface area contributed by atoms with E-state index in [-0.39, 0.29) is 5.12 Å². The van der Waals surface area contributed by atoms with Crippen LogP contribution in [0.15, 0.2) is 60.8 Å². The average molecular weight is 379 g/mol. The fraction of sp³-hybridized carbons (Fsp3) is 0.190. The first-order chi connectivity index (χ1) is 13.5. The molecular weight excluding hydrogens is 361 g/mol. The molecule has 3 aromatic rings. The third-order valence-electron chi connectivity index (χ3n) is 5.10. The number of hydrogen-bond acceptors (Lipinski definition) is 4. The highest BCUT2D eigenvalue weighted by atomic mass is 19.2. The summed E-state index contributed by atoms with van der Waals surface area (Å²) in [6.07, 6.45) is -0.352. The molecule has 4 rings (SSSR count). The molecule has 3 atom stereocenters. The van der Waals surface area contributed by atoms with Crippen molar-refractivity contribution in [2.24, 2.45) is 11.7 Å². The molecule has 0 radical (unpaired) electrons. The molecule has 3 unspecified atom stereocenters. The summed E-state index contributed by atoms with van der Waals surface area (Å²) >= 11 is 0. The van der Waals surface area contributed by atoms with E-state index in [1.165, 1.54) is 6.92 Å². The van der Waals surface area contributed by atoms with Crippen molar-refractivity contribution in [3.8, 4) is 11.1 Å². The second-order valence-corrected chi connectivity index (χ2v) is 6.83. The van der Waals surface area contributed by atoms with E-state index in [4.69, 9.17) is 10.5 Å². The minimum atomic E-state index is -1.12. The summed E-state index contributed by atoms with van der Waals surface area (Å²) in [6.45, 7) is 1.52. The Labute approximate surface area is 160 Å². The lowest BCUT2D eigenvalue weighted by molar-refractivity contribution is -0.124. The van der Waals surface area contributed by atoms with Gasteiger partial charge in [0, 0.05) is 11.6 Å². The predicted octanol–water partition coefficient (Wildman–Crippen LogP) is 3.77. The normalized spacial score (nSPS) is 20.2. The van der Waals surface area contributed by atoms with Crippen LogP contribution in [-0.4, -0.2) is 28.2 Å². The molecular formula is C21H18FN3O3. The molecule has 1 aliphatic heterocycles. The van der Waals surface area contributed by atoms with Crippen molar-refractivity contribution >= 4 is 22.9 Å². The summed E-state index contributed by atoms with van der Waals surface area (Å²) in [5, 5.41) is 1.03. The standard InChI is InChI=1S/C21H18FN3O3/c1-12(20(23)26)19-18(25(22)21(27)28-19)14-6-4-13(5-7-14)15-8-9-17-16(11-15)3-2-10-24-17/h2-12,18-19H,1H3,(H2,23,26). The Hall–Kier alpha value is -3.48. The third kappa shape index (κ3) is 3.05.